The van der Waals surface area contributed by atoms with Crippen LogP contribution in [0.5, 0.6) is 0 Å². The fourth-order valence-corrected chi connectivity index (χ4v) is 4.67. The SMILES string of the molecule is CC1CN2c3ccc([N+](=O)[O-])cc3CC3(C(=O)OC(C)(C)OC3=O)C2C(C)O1. The Bertz CT molecular complexity index is 861. The average Bonchev–Trinajstić information content (AvgIpc) is 2.57. The third kappa shape index (κ3) is 2.56. The number of benzene rings is 1. The van der Waals surface area contributed by atoms with E-state index in [0.29, 0.717) is 12.1 Å². The van der Waals surface area contributed by atoms with Gasteiger partial charge in [-0.1, -0.05) is 0 Å². The van der Waals surface area contributed by atoms with Gasteiger partial charge in [0.1, 0.15) is 0 Å². The molecule has 2 saturated heterocycles. The van der Waals surface area contributed by atoms with Gasteiger partial charge in [-0.2, -0.15) is 0 Å². The predicted molar refractivity (Wildman–Crippen MR) is 96.6 cm³/mol. The highest BCUT2D eigenvalue weighted by Gasteiger charge is 2.66. The number of rotatable bonds is 1. The van der Waals surface area contributed by atoms with Gasteiger partial charge in [0.2, 0.25) is 0 Å². The van der Waals surface area contributed by atoms with E-state index in [0.717, 1.165) is 5.69 Å². The number of carbonyl (C=O) groups is 2. The van der Waals surface area contributed by atoms with Gasteiger partial charge < -0.3 is 19.1 Å². The Labute approximate surface area is 161 Å². The smallest absolute Gasteiger partial charge is 0.329 e. The molecule has 0 aliphatic carbocycles. The van der Waals surface area contributed by atoms with Gasteiger partial charge in [-0.05, 0) is 25.5 Å². The third-order valence-electron chi connectivity index (χ3n) is 5.64. The van der Waals surface area contributed by atoms with Gasteiger partial charge in [0, 0.05) is 44.6 Å². The lowest BCUT2D eigenvalue weighted by Crippen LogP contribution is -2.71. The van der Waals surface area contributed by atoms with Crippen LogP contribution in [0.2, 0.25) is 0 Å². The molecule has 3 unspecified atom stereocenters. The largest absolute Gasteiger partial charge is 0.422 e. The van der Waals surface area contributed by atoms with Crippen molar-refractivity contribution >= 4 is 23.3 Å². The first-order valence-electron chi connectivity index (χ1n) is 9.21. The second-order valence-electron chi connectivity index (χ2n) is 8.15. The molecule has 9 heteroatoms. The fraction of sp³-hybridized carbons (Fsp3) is 0.579. The molecular weight excluding hydrogens is 368 g/mol. The van der Waals surface area contributed by atoms with Crippen molar-refractivity contribution < 1.29 is 28.7 Å². The molecule has 0 bridgehead atoms. The summed E-state index contributed by atoms with van der Waals surface area (Å²) in [5, 5.41) is 11.2. The summed E-state index contributed by atoms with van der Waals surface area (Å²) in [7, 11) is 0. The van der Waals surface area contributed by atoms with Crippen molar-refractivity contribution in [2.45, 2.75) is 58.2 Å². The summed E-state index contributed by atoms with van der Waals surface area (Å²) < 4.78 is 16.9. The van der Waals surface area contributed by atoms with Gasteiger partial charge in [0.15, 0.2) is 5.41 Å². The molecule has 0 N–H and O–H groups in total. The lowest BCUT2D eigenvalue weighted by atomic mass is 9.68. The van der Waals surface area contributed by atoms with Crippen molar-refractivity contribution in [2.24, 2.45) is 5.41 Å². The molecule has 150 valence electrons. The maximum Gasteiger partial charge on any atom is 0.329 e. The molecule has 28 heavy (non-hydrogen) atoms. The molecule has 1 aromatic rings. The van der Waals surface area contributed by atoms with E-state index >= 15 is 0 Å². The van der Waals surface area contributed by atoms with Crippen LogP contribution in [0.3, 0.4) is 0 Å². The topological polar surface area (TPSA) is 108 Å². The minimum absolute atomic E-state index is 0.0407. The highest BCUT2D eigenvalue weighted by Crippen LogP contribution is 2.50. The first-order chi connectivity index (χ1) is 13.0. The molecule has 1 spiro atoms. The number of hydrogen-bond acceptors (Lipinski definition) is 8. The van der Waals surface area contributed by atoms with E-state index in [1.165, 1.54) is 26.0 Å². The van der Waals surface area contributed by atoms with Gasteiger partial charge in [-0.15, -0.1) is 0 Å². The normalized spacial score (nSPS) is 30.1. The Kier molecular flexibility index (Phi) is 3.94. The second-order valence-corrected chi connectivity index (χ2v) is 8.15. The van der Waals surface area contributed by atoms with E-state index in [4.69, 9.17) is 14.2 Å². The standard InChI is InChI=1S/C19H22N2O7/c1-10-9-20-14-6-5-13(21(24)25)7-12(14)8-19(15(20)11(2)26-10)16(22)27-18(3,4)28-17(19)23/h5-7,10-11,15H,8-9H2,1-4H3. The minimum atomic E-state index is -1.64. The Balaban J connectivity index is 1.90. The molecule has 9 nitrogen and oxygen atoms in total. The summed E-state index contributed by atoms with van der Waals surface area (Å²) in [5.41, 5.74) is -0.439. The number of fused-ring (bicyclic) bond motifs is 4. The Hall–Kier alpha value is -2.68. The summed E-state index contributed by atoms with van der Waals surface area (Å²) in [6.07, 6.45) is -0.633. The van der Waals surface area contributed by atoms with Crippen molar-refractivity contribution in [3.63, 3.8) is 0 Å². The molecule has 3 heterocycles. The number of non-ortho nitro benzene ring substituents is 1. The quantitative estimate of drug-likeness (QED) is 0.310. The van der Waals surface area contributed by atoms with Crippen LogP contribution in [-0.2, 0) is 30.2 Å². The Morgan fingerprint density at radius 2 is 1.82 bits per heavy atom. The van der Waals surface area contributed by atoms with E-state index in [1.54, 1.807) is 6.07 Å². The molecule has 0 radical (unpaired) electrons. The van der Waals surface area contributed by atoms with Crippen molar-refractivity contribution in [3.05, 3.63) is 33.9 Å². The van der Waals surface area contributed by atoms with Crippen LogP contribution in [-0.4, -0.2) is 47.4 Å². The summed E-state index contributed by atoms with van der Waals surface area (Å²) in [5.74, 6) is -2.74. The number of hydrogen-bond donors (Lipinski definition) is 0. The monoisotopic (exact) mass is 390 g/mol. The summed E-state index contributed by atoms with van der Waals surface area (Å²) in [6, 6.07) is 3.88. The van der Waals surface area contributed by atoms with Gasteiger partial charge in [-0.25, -0.2) is 0 Å². The Morgan fingerprint density at radius 1 is 1.18 bits per heavy atom. The summed E-state index contributed by atoms with van der Waals surface area (Å²) in [4.78, 5) is 39.0. The number of carbonyl (C=O) groups excluding carboxylic acids is 2. The van der Waals surface area contributed by atoms with E-state index in [-0.39, 0.29) is 18.2 Å². The number of esters is 2. The maximum atomic E-state index is 13.2. The number of morpholine rings is 1. The van der Waals surface area contributed by atoms with Crippen LogP contribution in [0.4, 0.5) is 11.4 Å². The molecule has 1 aromatic carbocycles. The minimum Gasteiger partial charge on any atom is -0.422 e. The van der Waals surface area contributed by atoms with Gasteiger partial charge >= 0.3 is 11.9 Å². The number of cyclic esters (lactones) is 2. The van der Waals surface area contributed by atoms with E-state index in [2.05, 4.69) is 0 Å². The predicted octanol–water partition coefficient (Wildman–Crippen LogP) is 1.96. The molecule has 3 aliphatic heterocycles. The molecule has 3 atom stereocenters. The lowest BCUT2D eigenvalue weighted by Gasteiger charge is -2.55. The number of nitrogens with zero attached hydrogens (tertiary/aromatic N) is 2. The first kappa shape index (κ1) is 18.7. The van der Waals surface area contributed by atoms with Crippen LogP contribution >= 0.6 is 0 Å². The number of nitro groups is 1. The van der Waals surface area contributed by atoms with Crippen LogP contribution in [0.15, 0.2) is 18.2 Å². The molecule has 4 rings (SSSR count). The molecule has 3 aliphatic rings. The van der Waals surface area contributed by atoms with Gasteiger partial charge in [0.25, 0.3) is 11.5 Å². The Morgan fingerprint density at radius 3 is 2.43 bits per heavy atom. The molecule has 0 saturated carbocycles. The van der Waals surface area contributed by atoms with Crippen molar-refractivity contribution in [1.82, 2.24) is 0 Å². The van der Waals surface area contributed by atoms with Crippen LogP contribution < -0.4 is 4.90 Å². The molecule has 2 fully saturated rings. The van der Waals surface area contributed by atoms with Gasteiger partial charge in [0.05, 0.1) is 23.2 Å². The van der Waals surface area contributed by atoms with Gasteiger partial charge in [-0.3, -0.25) is 19.7 Å². The van der Waals surface area contributed by atoms with Crippen LogP contribution in [0.25, 0.3) is 0 Å². The zero-order chi connectivity index (χ0) is 20.4. The molecular formula is C19H22N2O7. The van der Waals surface area contributed by atoms with E-state index in [1.807, 2.05) is 18.7 Å². The van der Waals surface area contributed by atoms with Crippen LogP contribution in [0, 0.1) is 15.5 Å². The van der Waals surface area contributed by atoms with Crippen molar-refractivity contribution in [1.29, 1.82) is 0 Å². The first-order valence-corrected chi connectivity index (χ1v) is 9.21. The molecule has 0 aromatic heterocycles. The average molecular weight is 390 g/mol. The van der Waals surface area contributed by atoms with E-state index < -0.39 is 40.2 Å². The van der Waals surface area contributed by atoms with Crippen molar-refractivity contribution in [3.8, 4) is 0 Å². The second kappa shape index (κ2) is 5.91. The highest BCUT2D eigenvalue weighted by atomic mass is 16.7. The third-order valence-corrected chi connectivity index (χ3v) is 5.64. The van der Waals surface area contributed by atoms with E-state index in [9.17, 15) is 19.7 Å². The number of ether oxygens (including phenoxy) is 3. The highest BCUT2D eigenvalue weighted by molar-refractivity contribution is 6.04. The maximum absolute atomic E-state index is 13.2. The summed E-state index contributed by atoms with van der Waals surface area (Å²) >= 11 is 0. The number of nitro benzene ring substituents is 1. The molecule has 0 amide bonds. The van der Waals surface area contributed by atoms with Crippen molar-refractivity contribution in [2.75, 3.05) is 11.4 Å². The number of anilines is 1. The fourth-order valence-electron chi connectivity index (χ4n) is 4.67. The lowest BCUT2D eigenvalue weighted by molar-refractivity contribution is -0.384. The van der Waals surface area contributed by atoms with Crippen LogP contribution in [0.1, 0.15) is 33.3 Å². The zero-order valence-electron chi connectivity index (χ0n) is 16.1. The summed E-state index contributed by atoms with van der Waals surface area (Å²) in [6.45, 7) is 7.15. The zero-order valence-corrected chi connectivity index (χ0v) is 16.1.